The van der Waals surface area contributed by atoms with Crippen LogP contribution in [0, 0.1) is 5.92 Å². The van der Waals surface area contributed by atoms with E-state index in [0.29, 0.717) is 22.8 Å². The highest BCUT2D eigenvalue weighted by atomic mass is 32.2. The summed E-state index contributed by atoms with van der Waals surface area (Å²) in [7, 11) is -3.33. The number of aliphatic hydroxyl groups excluding tert-OH is 1. The third-order valence-electron chi connectivity index (χ3n) is 5.55. The Morgan fingerprint density at radius 1 is 1.06 bits per heavy atom. The molecule has 1 heterocycles. The Labute approximate surface area is 196 Å². The predicted octanol–water partition coefficient (Wildman–Crippen LogP) is 4.05. The van der Waals surface area contributed by atoms with Gasteiger partial charge in [0.2, 0.25) is 12.3 Å². The average molecular weight is 475 g/mol. The van der Waals surface area contributed by atoms with Crippen LogP contribution in [0.1, 0.15) is 41.5 Å². The molecule has 0 saturated carbocycles. The number of rotatable bonds is 7. The molecule has 180 valence electrons. The van der Waals surface area contributed by atoms with Gasteiger partial charge >= 0.3 is 0 Å². The summed E-state index contributed by atoms with van der Waals surface area (Å²) in [5, 5.41) is 10.7. The zero-order chi connectivity index (χ0) is 24.5. The summed E-state index contributed by atoms with van der Waals surface area (Å²) in [6.07, 6.45) is -1.33. The van der Waals surface area contributed by atoms with Gasteiger partial charge in [-0.1, -0.05) is 32.0 Å². The van der Waals surface area contributed by atoms with Crippen molar-refractivity contribution in [2.45, 2.75) is 65.0 Å². The van der Waals surface area contributed by atoms with Gasteiger partial charge in [0.25, 0.3) is 0 Å². The first-order chi connectivity index (χ1) is 15.4. The molecule has 8 heteroatoms. The van der Waals surface area contributed by atoms with Crippen molar-refractivity contribution in [2.24, 2.45) is 5.92 Å². The number of aliphatic hydroxyl groups is 1. The van der Waals surface area contributed by atoms with Gasteiger partial charge in [0, 0.05) is 13.5 Å². The molecule has 3 rings (SSSR count). The second-order valence-corrected chi connectivity index (χ2v) is 11.3. The Bertz CT molecular complexity index is 1100. The molecule has 2 aromatic carbocycles. The van der Waals surface area contributed by atoms with E-state index in [-0.39, 0.29) is 29.7 Å². The molecule has 0 radical (unpaired) electrons. The summed E-state index contributed by atoms with van der Waals surface area (Å²) in [4.78, 5) is 16.1. The quantitative estimate of drug-likeness (QED) is 0.610. The van der Waals surface area contributed by atoms with Crippen LogP contribution in [0.2, 0.25) is 0 Å². The van der Waals surface area contributed by atoms with Crippen molar-refractivity contribution >= 4 is 27.1 Å². The van der Waals surface area contributed by atoms with Crippen molar-refractivity contribution in [3.8, 4) is 11.1 Å². The largest absolute Gasteiger partial charge is 0.351 e. The van der Waals surface area contributed by atoms with Crippen LogP contribution in [-0.2, 0) is 19.4 Å². The van der Waals surface area contributed by atoms with Gasteiger partial charge in [0.1, 0.15) is 0 Å². The average Bonchev–Trinajstić information content (AvgIpc) is 2.71. The zero-order valence-corrected chi connectivity index (χ0v) is 21.0. The van der Waals surface area contributed by atoms with E-state index in [1.54, 1.807) is 34.1 Å². The second kappa shape index (κ2) is 9.83. The van der Waals surface area contributed by atoms with Crippen molar-refractivity contribution in [3.63, 3.8) is 0 Å². The van der Waals surface area contributed by atoms with Gasteiger partial charge in [-0.25, -0.2) is 8.42 Å². The topological polar surface area (TPSA) is 87.2 Å². The highest BCUT2D eigenvalue weighted by Gasteiger charge is 2.34. The van der Waals surface area contributed by atoms with E-state index < -0.39 is 16.3 Å². The number of nitrogens with zero attached hydrogens (tertiary/aromatic N) is 2. The van der Waals surface area contributed by atoms with Gasteiger partial charge < -0.3 is 19.6 Å². The minimum absolute atomic E-state index is 0.0485. The summed E-state index contributed by atoms with van der Waals surface area (Å²) in [5.41, 5.74) is 3.08. The molecule has 0 spiro atoms. The predicted molar refractivity (Wildman–Crippen MR) is 131 cm³/mol. The van der Waals surface area contributed by atoms with Crippen molar-refractivity contribution in [1.82, 2.24) is 0 Å². The summed E-state index contributed by atoms with van der Waals surface area (Å²) < 4.78 is 30.7. The molecule has 0 fully saturated rings. The summed E-state index contributed by atoms with van der Waals surface area (Å²) in [5.74, 6) is 0.0787. The maximum Gasteiger partial charge on any atom is 0.238 e. The minimum atomic E-state index is -3.33. The Morgan fingerprint density at radius 3 is 2.21 bits per heavy atom. The highest BCUT2D eigenvalue weighted by molar-refractivity contribution is 7.91. The SMILES string of the molecule is CC(=O)N1c2ccc(-c3ccc(S(=O)(=O)CC(C)C)cc3)cc2N(C(O)OC(C)C)C[C@@H]1C. The number of benzene rings is 2. The fourth-order valence-corrected chi connectivity index (χ4v) is 5.86. The first kappa shape index (κ1) is 25.2. The van der Waals surface area contributed by atoms with Gasteiger partial charge in [-0.15, -0.1) is 0 Å². The van der Waals surface area contributed by atoms with E-state index in [2.05, 4.69) is 0 Å². The van der Waals surface area contributed by atoms with E-state index in [9.17, 15) is 18.3 Å². The van der Waals surface area contributed by atoms with Crippen LogP contribution in [0.3, 0.4) is 0 Å². The molecule has 2 aromatic rings. The molecule has 0 aliphatic carbocycles. The van der Waals surface area contributed by atoms with Gasteiger partial charge in [-0.3, -0.25) is 4.79 Å². The third-order valence-corrected chi connectivity index (χ3v) is 7.64. The van der Waals surface area contributed by atoms with Crippen LogP contribution in [-0.4, -0.2) is 50.3 Å². The Morgan fingerprint density at radius 2 is 1.67 bits per heavy atom. The molecule has 0 aromatic heterocycles. The first-order valence-corrected chi connectivity index (χ1v) is 12.9. The Kier molecular flexibility index (Phi) is 7.51. The molecule has 1 aliphatic rings. The lowest BCUT2D eigenvalue weighted by atomic mass is 10.0. The number of sulfone groups is 1. The van der Waals surface area contributed by atoms with Crippen molar-refractivity contribution in [1.29, 1.82) is 0 Å². The molecule has 7 nitrogen and oxygen atoms in total. The summed E-state index contributed by atoms with van der Waals surface area (Å²) in [6.45, 7) is 11.3. The number of carbonyl (C=O) groups is 1. The van der Waals surface area contributed by atoms with E-state index >= 15 is 0 Å². The molecule has 0 saturated heterocycles. The van der Waals surface area contributed by atoms with Gasteiger partial charge in [0.05, 0.1) is 34.2 Å². The number of anilines is 2. The van der Waals surface area contributed by atoms with Gasteiger partial charge in [-0.05, 0) is 62.1 Å². The fraction of sp³-hybridized carbons (Fsp3) is 0.480. The fourth-order valence-electron chi connectivity index (χ4n) is 4.23. The second-order valence-electron chi connectivity index (χ2n) is 9.30. The normalized spacial score (nSPS) is 17.4. The molecule has 1 unspecified atom stereocenters. The van der Waals surface area contributed by atoms with Crippen molar-refractivity contribution < 1.29 is 23.1 Å². The maximum absolute atomic E-state index is 12.5. The lowest BCUT2D eigenvalue weighted by Crippen LogP contribution is -2.53. The zero-order valence-electron chi connectivity index (χ0n) is 20.1. The molecule has 2 atom stereocenters. The molecule has 33 heavy (non-hydrogen) atoms. The van der Waals surface area contributed by atoms with Crippen molar-refractivity contribution in [3.05, 3.63) is 42.5 Å². The third kappa shape index (κ3) is 5.57. The molecule has 0 bridgehead atoms. The Balaban J connectivity index is 2.02. The van der Waals surface area contributed by atoms with Crippen molar-refractivity contribution in [2.75, 3.05) is 22.1 Å². The van der Waals surface area contributed by atoms with Gasteiger partial charge in [-0.2, -0.15) is 0 Å². The minimum Gasteiger partial charge on any atom is -0.351 e. The van der Waals surface area contributed by atoms with E-state index in [0.717, 1.165) is 11.1 Å². The van der Waals surface area contributed by atoms with Crippen LogP contribution in [0.15, 0.2) is 47.4 Å². The Hall–Kier alpha value is -2.42. The van der Waals surface area contributed by atoms with Crippen LogP contribution in [0.5, 0.6) is 0 Å². The smallest absolute Gasteiger partial charge is 0.238 e. The van der Waals surface area contributed by atoms with E-state index in [1.165, 1.54) is 6.92 Å². The molecular weight excluding hydrogens is 440 g/mol. The lowest BCUT2D eigenvalue weighted by Gasteiger charge is -2.43. The van der Waals surface area contributed by atoms with E-state index in [1.807, 2.05) is 52.8 Å². The number of amides is 1. The van der Waals surface area contributed by atoms with Crippen LogP contribution < -0.4 is 9.80 Å². The molecule has 1 amide bonds. The van der Waals surface area contributed by atoms with Crippen LogP contribution in [0.4, 0.5) is 11.4 Å². The van der Waals surface area contributed by atoms with Gasteiger partial charge in [0.15, 0.2) is 9.84 Å². The van der Waals surface area contributed by atoms with Crippen LogP contribution in [0.25, 0.3) is 11.1 Å². The number of ether oxygens (including phenoxy) is 1. The number of fused-ring (bicyclic) bond motifs is 1. The standard InChI is InChI=1S/C25H34N2O5S/c1-16(2)15-33(30,31)22-10-7-20(8-11-22)21-9-12-23-24(13-21)26(25(29)32-17(3)4)14-18(5)27(23)19(6)28/h7-13,16-18,25,29H,14-15H2,1-6H3/t18-,25?/m0/s1. The maximum atomic E-state index is 12.5. The lowest BCUT2D eigenvalue weighted by molar-refractivity contribution is -0.127. The van der Waals surface area contributed by atoms with E-state index in [4.69, 9.17) is 4.74 Å². The van der Waals surface area contributed by atoms with Crippen LogP contribution >= 0.6 is 0 Å². The molecular formula is C25H34N2O5S. The summed E-state index contributed by atoms with van der Waals surface area (Å²) in [6, 6.07) is 12.4. The number of hydrogen-bond donors (Lipinski definition) is 1. The molecule has 1 aliphatic heterocycles. The first-order valence-electron chi connectivity index (χ1n) is 11.3. The summed E-state index contributed by atoms with van der Waals surface area (Å²) >= 11 is 0. The number of hydrogen-bond acceptors (Lipinski definition) is 6. The monoisotopic (exact) mass is 474 g/mol. The number of carbonyl (C=O) groups excluding carboxylic acids is 1. The highest BCUT2D eigenvalue weighted by Crippen LogP contribution is 2.40. The molecule has 1 N–H and O–H groups in total.